The predicted molar refractivity (Wildman–Crippen MR) is 57.1 cm³/mol. The summed E-state index contributed by atoms with van der Waals surface area (Å²) in [5, 5.41) is 6.81. The summed E-state index contributed by atoms with van der Waals surface area (Å²) in [6.45, 7) is 9.52. The predicted octanol–water partition coefficient (Wildman–Crippen LogP) is 3.03. The maximum absolute atomic E-state index is 3.92. The number of H-pyrrole nitrogens is 1. The first-order valence-corrected chi connectivity index (χ1v) is 4.20. The Hall–Kier alpha value is -1.57. The Bertz CT molecular complexity index is 332. The lowest BCUT2D eigenvalue weighted by Crippen LogP contribution is -1.75. The highest BCUT2D eigenvalue weighted by atomic mass is 15.1. The Balaban J connectivity index is 2.67. The van der Waals surface area contributed by atoms with Crippen molar-refractivity contribution < 1.29 is 0 Å². The van der Waals surface area contributed by atoms with Gasteiger partial charge in [0, 0.05) is 5.56 Å². The number of aromatic nitrogens is 2. The van der Waals surface area contributed by atoms with E-state index in [0.29, 0.717) is 0 Å². The molecule has 13 heavy (non-hydrogen) atoms. The van der Waals surface area contributed by atoms with E-state index in [1.807, 2.05) is 13.0 Å². The van der Waals surface area contributed by atoms with Crippen LogP contribution in [0.4, 0.5) is 0 Å². The van der Waals surface area contributed by atoms with Gasteiger partial charge in [0.1, 0.15) is 0 Å². The van der Waals surface area contributed by atoms with Crippen LogP contribution in [0, 0.1) is 0 Å². The van der Waals surface area contributed by atoms with E-state index in [2.05, 4.69) is 29.4 Å². The van der Waals surface area contributed by atoms with Gasteiger partial charge in [-0.05, 0) is 19.4 Å². The zero-order chi connectivity index (χ0) is 9.68. The smallest absolute Gasteiger partial charge is 0.0647 e. The summed E-state index contributed by atoms with van der Waals surface area (Å²) in [5.41, 5.74) is 3.17. The van der Waals surface area contributed by atoms with Gasteiger partial charge in [-0.3, -0.25) is 5.10 Å². The summed E-state index contributed by atoms with van der Waals surface area (Å²) in [6, 6.07) is 0. The van der Waals surface area contributed by atoms with Crippen molar-refractivity contribution in [3.05, 3.63) is 42.3 Å². The van der Waals surface area contributed by atoms with Crippen LogP contribution in [-0.2, 0) is 0 Å². The van der Waals surface area contributed by atoms with Crippen LogP contribution in [0.3, 0.4) is 0 Å². The molecule has 1 aromatic rings. The largest absolute Gasteiger partial charge is 0.278 e. The number of aromatic amines is 1. The van der Waals surface area contributed by atoms with Crippen LogP contribution < -0.4 is 0 Å². The first-order valence-electron chi connectivity index (χ1n) is 4.20. The molecule has 0 saturated carbocycles. The molecule has 0 aliphatic rings. The second-order valence-corrected chi connectivity index (χ2v) is 3.01. The average molecular weight is 174 g/mol. The molecule has 0 saturated heterocycles. The number of nitrogens with one attached hydrogen (secondary N) is 1. The number of allylic oxidation sites excluding steroid dienone is 2. The van der Waals surface area contributed by atoms with Gasteiger partial charge in [0.15, 0.2) is 0 Å². The fourth-order valence-electron chi connectivity index (χ4n) is 0.980. The molecule has 0 aliphatic carbocycles. The van der Waals surface area contributed by atoms with E-state index in [-0.39, 0.29) is 0 Å². The van der Waals surface area contributed by atoms with Gasteiger partial charge < -0.3 is 0 Å². The van der Waals surface area contributed by atoms with Gasteiger partial charge >= 0.3 is 0 Å². The third kappa shape index (κ3) is 2.75. The van der Waals surface area contributed by atoms with Gasteiger partial charge in [-0.1, -0.05) is 30.9 Å². The normalized spacial score (nSPS) is 10.5. The summed E-state index contributed by atoms with van der Waals surface area (Å²) >= 11 is 0. The molecule has 1 aromatic heterocycles. The Morgan fingerprint density at radius 3 is 3.08 bits per heavy atom. The van der Waals surface area contributed by atoms with E-state index < -0.39 is 0 Å². The van der Waals surface area contributed by atoms with E-state index in [9.17, 15) is 0 Å². The quantitative estimate of drug-likeness (QED) is 0.698. The molecule has 1 N–H and O–H groups in total. The van der Waals surface area contributed by atoms with E-state index in [0.717, 1.165) is 23.3 Å². The van der Waals surface area contributed by atoms with Crippen molar-refractivity contribution in [3.63, 3.8) is 0 Å². The molecular formula is C11H14N2. The summed E-state index contributed by atoms with van der Waals surface area (Å²) in [6.07, 6.45) is 8.49. The van der Waals surface area contributed by atoms with Crippen molar-refractivity contribution in [1.82, 2.24) is 10.2 Å². The van der Waals surface area contributed by atoms with Gasteiger partial charge in [-0.25, -0.2) is 0 Å². The van der Waals surface area contributed by atoms with E-state index in [1.54, 1.807) is 12.3 Å². The minimum Gasteiger partial charge on any atom is -0.278 e. The zero-order valence-electron chi connectivity index (χ0n) is 7.88. The molecule has 0 fully saturated rings. The summed E-state index contributed by atoms with van der Waals surface area (Å²) in [7, 11) is 0. The van der Waals surface area contributed by atoms with Crippen LogP contribution >= 0.6 is 0 Å². The molecular weight excluding hydrogens is 160 g/mol. The lowest BCUT2D eigenvalue weighted by molar-refractivity contribution is 1.08. The van der Waals surface area contributed by atoms with Gasteiger partial charge in [0.2, 0.25) is 0 Å². The third-order valence-corrected chi connectivity index (χ3v) is 1.67. The minimum atomic E-state index is 0.898. The van der Waals surface area contributed by atoms with Gasteiger partial charge in [-0.2, -0.15) is 5.10 Å². The van der Waals surface area contributed by atoms with Crippen molar-refractivity contribution in [2.45, 2.75) is 13.3 Å². The Morgan fingerprint density at radius 1 is 1.69 bits per heavy atom. The minimum absolute atomic E-state index is 0.898. The van der Waals surface area contributed by atoms with Crippen molar-refractivity contribution in [2.24, 2.45) is 0 Å². The maximum Gasteiger partial charge on any atom is 0.0647 e. The molecule has 0 unspecified atom stereocenters. The molecule has 0 atom stereocenters. The highest BCUT2D eigenvalue weighted by molar-refractivity contribution is 5.60. The maximum atomic E-state index is 3.92. The van der Waals surface area contributed by atoms with Crippen molar-refractivity contribution in [3.8, 4) is 0 Å². The molecule has 0 aliphatic heterocycles. The van der Waals surface area contributed by atoms with Gasteiger partial charge in [-0.15, -0.1) is 0 Å². The van der Waals surface area contributed by atoms with E-state index in [4.69, 9.17) is 0 Å². The van der Waals surface area contributed by atoms with Gasteiger partial charge in [0.05, 0.1) is 11.9 Å². The average Bonchev–Trinajstić information content (AvgIpc) is 2.51. The van der Waals surface area contributed by atoms with Crippen LogP contribution in [-0.4, -0.2) is 10.2 Å². The highest BCUT2D eigenvalue weighted by Crippen LogP contribution is 2.09. The van der Waals surface area contributed by atoms with E-state index in [1.165, 1.54) is 0 Å². The van der Waals surface area contributed by atoms with Crippen LogP contribution in [0.5, 0.6) is 0 Å². The molecule has 0 radical (unpaired) electrons. The lowest BCUT2D eigenvalue weighted by atomic mass is 10.2. The Morgan fingerprint density at radius 2 is 2.46 bits per heavy atom. The molecule has 0 bridgehead atoms. The fraction of sp³-hybridized carbons (Fsp3) is 0.182. The molecule has 0 aromatic carbocycles. The van der Waals surface area contributed by atoms with Gasteiger partial charge in [0.25, 0.3) is 0 Å². The summed E-state index contributed by atoms with van der Waals surface area (Å²) in [4.78, 5) is 0. The summed E-state index contributed by atoms with van der Waals surface area (Å²) in [5.74, 6) is 0. The van der Waals surface area contributed by atoms with Crippen LogP contribution in [0.25, 0.3) is 12.2 Å². The Kier molecular flexibility index (Phi) is 3.26. The molecule has 1 rings (SSSR count). The van der Waals surface area contributed by atoms with Crippen LogP contribution in [0.15, 0.2) is 31.0 Å². The topological polar surface area (TPSA) is 28.7 Å². The van der Waals surface area contributed by atoms with Crippen molar-refractivity contribution in [1.29, 1.82) is 0 Å². The second kappa shape index (κ2) is 4.45. The number of rotatable bonds is 4. The SMILES string of the molecule is C=Cc1cn[nH]c1/C=C\CC(=C)C. The van der Waals surface area contributed by atoms with Crippen LogP contribution in [0.2, 0.25) is 0 Å². The molecule has 1 heterocycles. The van der Waals surface area contributed by atoms with E-state index >= 15 is 0 Å². The monoisotopic (exact) mass is 174 g/mol. The molecule has 68 valence electrons. The number of nitrogens with zero attached hydrogens (tertiary/aromatic N) is 1. The second-order valence-electron chi connectivity index (χ2n) is 3.01. The molecule has 2 heteroatoms. The molecule has 0 spiro atoms. The fourth-order valence-corrected chi connectivity index (χ4v) is 0.980. The lowest BCUT2D eigenvalue weighted by Gasteiger charge is -1.91. The first kappa shape index (κ1) is 9.52. The van der Waals surface area contributed by atoms with Crippen LogP contribution in [0.1, 0.15) is 24.6 Å². The first-order chi connectivity index (χ1) is 6.24. The summed E-state index contributed by atoms with van der Waals surface area (Å²) < 4.78 is 0. The number of hydrogen-bond donors (Lipinski definition) is 1. The number of hydrogen-bond acceptors (Lipinski definition) is 1. The third-order valence-electron chi connectivity index (χ3n) is 1.67. The standard InChI is InChI=1S/C11H14N2/c1-4-10-8-12-13-11(10)7-5-6-9(2)3/h4-5,7-8H,1-2,6H2,3H3,(H,12,13)/b7-5-. The Labute approximate surface area is 78.7 Å². The molecule has 0 amide bonds. The van der Waals surface area contributed by atoms with Crippen molar-refractivity contribution >= 4 is 12.2 Å². The highest BCUT2D eigenvalue weighted by Gasteiger charge is 1.95. The molecule has 2 nitrogen and oxygen atoms in total. The van der Waals surface area contributed by atoms with Crippen molar-refractivity contribution in [2.75, 3.05) is 0 Å². The zero-order valence-corrected chi connectivity index (χ0v) is 7.88.